The van der Waals surface area contributed by atoms with Gasteiger partial charge in [0.1, 0.15) is 6.10 Å². The summed E-state index contributed by atoms with van der Waals surface area (Å²) >= 11 is 0. The average molecular weight is 299 g/mol. The Kier molecular flexibility index (Phi) is 4.13. The molecular weight excluding hydrogens is 282 g/mol. The number of rotatable bonds is 3. The molecule has 0 bridgehead atoms. The van der Waals surface area contributed by atoms with E-state index < -0.39 is 18.2 Å². The van der Waals surface area contributed by atoms with Crippen molar-refractivity contribution in [3.05, 3.63) is 60.2 Å². The Morgan fingerprint density at radius 2 is 1.86 bits per heavy atom. The number of nitrogens with zero attached hydrogens (tertiary/aromatic N) is 2. The van der Waals surface area contributed by atoms with Crippen molar-refractivity contribution in [3.63, 3.8) is 0 Å². The van der Waals surface area contributed by atoms with E-state index in [4.69, 9.17) is 0 Å². The van der Waals surface area contributed by atoms with E-state index in [0.29, 0.717) is 12.0 Å². The predicted molar refractivity (Wildman–Crippen MR) is 79.1 cm³/mol. The maximum Gasteiger partial charge on any atom is 0.253 e. The van der Waals surface area contributed by atoms with Crippen LogP contribution in [0.3, 0.4) is 0 Å². The number of hydrogen-bond donors (Lipinski definition) is 3. The van der Waals surface area contributed by atoms with Gasteiger partial charge < -0.3 is 15.5 Å². The van der Waals surface area contributed by atoms with E-state index in [0.717, 1.165) is 5.56 Å². The van der Waals surface area contributed by atoms with Gasteiger partial charge >= 0.3 is 0 Å². The maximum atomic E-state index is 12.3. The maximum absolute atomic E-state index is 12.3. The van der Waals surface area contributed by atoms with Crippen molar-refractivity contribution in [1.29, 1.82) is 0 Å². The molecule has 0 spiro atoms. The minimum Gasteiger partial charge on any atom is -0.390 e. The van der Waals surface area contributed by atoms with Crippen molar-refractivity contribution in [2.24, 2.45) is 0 Å². The molecule has 22 heavy (non-hydrogen) atoms. The van der Waals surface area contributed by atoms with Crippen LogP contribution < -0.4 is 5.32 Å². The van der Waals surface area contributed by atoms with Crippen LogP contribution in [0, 0.1) is 0 Å². The van der Waals surface area contributed by atoms with Crippen molar-refractivity contribution in [3.8, 4) is 0 Å². The van der Waals surface area contributed by atoms with Crippen LogP contribution in [-0.2, 0) is 0 Å². The van der Waals surface area contributed by atoms with Crippen molar-refractivity contribution in [1.82, 2.24) is 15.3 Å². The molecular formula is C16H17N3O3. The highest BCUT2D eigenvalue weighted by molar-refractivity contribution is 5.94. The first-order valence-corrected chi connectivity index (χ1v) is 7.14. The number of hydrogen-bond acceptors (Lipinski definition) is 5. The molecule has 0 saturated heterocycles. The normalized spacial score (nSPS) is 27.5. The van der Waals surface area contributed by atoms with Crippen LogP contribution in [0.15, 0.2) is 49.1 Å². The second-order valence-electron chi connectivity index (χ2n) is 5.43. The van der Waals surface area contributed by atoms with Crippen LogP contribution in [-0.4, -0.2) is 44.3 Å². The van der Waals surface area contributed by atoms with Gasteiger partial charge in [0.2, 0.25) is 0 Å². The van der Waals surface area contributed by atoms with E-state index in [-0.39, 0.29) is 11.8 Å². The average Bonchev–Trinajstić information content (AvgIpc) is 2.85. The van der Waals surface area contributed by atoms with Crippen molar-refractivity contribution >= 4 is 5.91 Å². The summed E-state index contributed by atoms with van der Waals surface area (Å²) in [5, 5.41) is 22.9. The lowest BCUT2D eigenvalue weighted by molar-refractivity contribution is 0.0294. The molecule has 3 rings (SSSR count). The summed E-state index contributed by atoms with van der Waals surface area (Å²) in [6.07, 6.45) is 4.91. The highest BCUT2D eigenvalue weighted by Gasteiger charge is 2.43. The molecule has 1 aliphatic carbocycles. The molecule has 0 aliphatic heterocycles. The van der Waals surface area contributed by atoms with Gasteiger partial charge in [0.05, 0.1) is 17.7 Å². The summed E-state index contributed by atoms with van der Waals surface area (Å²) in [5.41, 5.74) is 1.30. The molecule has 4 unspecified atom stereocenters. The number of carbonyl (C=O) groups excluding carboxylic acids is 1. The molecule has 6 nitrogen and oxygen atoms in total. The largest absolute Gasteiger partial charge is 0.390 e. The lowest BCUT2D eigenvalue weighted by atomic mass is 9.94. The van der Waals surface area contributed by atoms with Crippen LogP contribution in [0.1, 0.15) is 28.3 Å². The van der Waals surface area contributed by atoms with Crippen LogP contribution >= 0.6 is 0 Å². The molecule has 2 aromatic heterocycles. The summed E-state index contributed by atoms with van der Waals surface area (Å²) in [6.45, 7) is 0. The predicted octanol–water partition coefficient (Wildman–Crippen LogP) is 0.484. The zero-order valence-electron chi connectivity index (χ0n) is 11.8. The molecule has 2 aromatic rings. The molecule has 2 heterocycles. The summed E-state index contributed by atoms with van der Waals surface area (Å²) < 4.78 is 0. The van der Waals surface area contributed by atoms with E-state index in [1.807, 2.05) is 6.07 Å². The number of aliphatic hydroxyl groups excluding tert-OH is 2. The molecule has 1 amide bonds. The Morgan fingerprint density at radius 3 is 2.50 bits per heavy atom. The van der Waals surface area contributed by atoms with Gasteiger partial charge in [-0.25, -0.2) is 0 Å². The van der Waals surface area contributed by atoms with Gasteiger partial charge in [-0.15, -0.1) is 0 Å². The number of nitrogens with one attached hydrogen (secondary N) is 1. The van der Waals surface area contributed by atoms with Crippen LogP contribution in [0.5, 0.6) is 0 Å². The molecule has 0 radical (unpaired) electrons. The third-order valence-electron chi connectivity index (χ3n) is 4.03. The van der Waals surface area contributed by atoms with Crippen molar-refractivity contribution < 1.29 is 15.0 Å². The van der Waals surface area contributed by atoms with Crippen molar-refractivity contribution in [2.75, 3.05) is 0 Å². The molecule has 4 atom stereocenters. The SMILES string of the molecule is O=C(NC1C(c2cccnc2)CC(O)C1O)c1cccnc1. The summed E-state index contributed by atoms with van der Waals surface area (Å²) in [7, 11) is 0. The molecule has 0 aromatic carbocycles. The van der Waals surface area contributed by atoms with Crippen LogP contribution in [0.4, 0.5) is 0 Å². The number of aromatic nitrogens is 2. The molecule has 6 heteroatoms. The molecule has 1 aliphatic rings. The minimum atomic E-state index is -1.01. The third kappa shape index (κ3) is 2.84. The number of pyridine rings is 2. The van der Waals surface area contributed by atoms with E-state index in [1.165, 1.54) is 6.20 Å². The summed E-state index contributed by atoms with van der Waals surface area (Å²) in [4.78, 5) is 20.2. The topological polar surface area (TPSA) is 95.3 Å². The smallest absolute Gasteiger partial charge is 0.253 e. The standard InChI is InChI=1S/C16H17N3O3/c20-13-7-12(10-3-1-5-17-8-10)14(15(13)21)19-16(22)11-4-2-6-18-9-11/h1-6,8-9,12-15,20-21H,7H2,(H,19,22). The molecule has 1 fully saturated rings. The van der Waals surface area contributed by atoms with Crippen LogP contribution in [0.25, 0.3) is 0 Å². The van der Waals surface area contributed by atoms with Crippen LogP contribution in [0.2, 0.25) is 0 Å². The van der Waals surface area contributed by atoms with Gasteiger partial charge in [-0.05, 0) is 30.2 Å². The fourth-order valence-electron chi connectivity index (χ4n) is 2.88. The van der Waals surface area contributed by atoms with E-state index >= 15 is 0 Å². The Bertz CT molecular complexity index is 636. The molecule has 3 N–H and O–H groups in total. The number of aliphatic hydroxyl groups is 2. The van der Waals surface area contributed by atoms with Gasteiger partial charge in [0.15, 0.2) is 0 Å². The second kappa shape index (κ2) is 6.21. The molecule has 114 valence electrons. The zero-order valence-corrected chi connectivity index (χ0v) is 11.8. The Morgan fingerprint density at radius 1 is 1.14 bits per heavy atom. The Balaban J connectivity index is 1.82. The van der Waals surface area contributed by atoms with Gasteiger partial charge in [0, 0.05) is 30.7 Å². The Labute approximate surface area is 127 Å². The summed E-state index contributed by atoms with van der Waals surface area (Å²) in [6, 6.07) is 6.44. The first-order chi connectivity index (χ1) is 10.7. The van der Waals surface area contributed by atoms with Gasteiger partial charge in [-0.2, -0.15) is 0 Å². The highest BCUT2D eigenvalue weighted by Crippen LogP contribution is 2.35. The minimum absolute atomic E-state index is 0.181. The first-order valence-electron chi connectivity index (χ1n) is 7.14. The van der Waals surface area contributed by atoms with Gasteiger partial charge in [-0.3, -0.25) is 14.8 Å². The summed E-state index contributed by atoms with van der Waals surface area (Å²) in [5.74, 6) is -0.500. The zero-order chi connectivity index (χ0) is 15.5. The quantitative estimate of drug-likeness (QED) is 0.766. The van der Waals surface area contributed by atoms with Gasteiger partial charge in [-0.1, -0.05) is 6.07 Å². The van der Waals surface area contributed by atoms with Gasteiger partial charge in [0.25, 0.3) is 5.91 Å². The lowest BCUT2D eigenvalue weighted by Gasteiger charge is -2.23. The highest BCUT2D eigenvalue weighted by atomic mass is 16.3. The lowest BCUT2D eigenvalue weighted by Crippen LogP contribution is -2.45. The fraction of sp³-hybridized carbons (Fsp3) is 0.312. The number of amides is 1. The van der Waals surface area contributed by atoms with E-state index in [1.54, 1.807) is 36.8 Å². The first kappa shape index (κ1) is 14.6. The van der Waals surface area contributed by atoms with E-state index in [9.17, 15) is 15.0 Å². The van der Waals surface area contributed by atoms with Crippen molar-refractivity contribution in [2.45, 2.75) is 30.6 Å². The molecule has 1 saturated carbocycles. The third-order valence-corrected chi connectivity index (χ3v) is 4.03. The second-order valence-corrected chi connectivity index (χ2v) is 5.43. The Hall–Kier alpha value is -2.31. The monoisotopic (exact) mass is 299 g/mol. The van der Waals surface area contributed by atoms with E-state index in [2.05, 4.69) is 15.3 Å². The fourth-order valence-corrected chi connectivity index (χ4v) is 2.88. The number of carbonyl (C=O) groups is 1.